The van der Waals surface area contributed by atoms with Gasteiger partial charge in [-0.25, -0.2) is 14.4 Å². The van der Waals surface area contributed by atoms with Gasteiger partial charge in [-0.2, -0.15) is 5.26 Å². The third-order valence-electron chi connectivity index (χ3n) is 5.92. The fourth-order valence-corrected chi connectivity index (χ4v) is 6.84. The lowest BCUT2D eigenvalue weighted by Gasteiger charge is -2.19. The number of halogens is 2. The van der Waals surface area contributed by atoms with Gasteiger partial charge < -0.3 is 39.5 Å². The van der Waals surface area contributed by atoms with Crippen LogP contribution in [-0.4, -0.2) is 70.3 Å². The number of hydrogen-bond donors (Lipinski definition) is 6. The van der Waals surface area contributed by atoms with E-state index < -0.39 is 64.1 Å². The Kier molecular flexibility index (Phi) is 8.47. The van der Waals surface area contributed by atoms with E-state index in [1.54, 1.807) is 19.1 Å². The third kappa shape index (κ3) is 6.48. The number of pyridine rings is 1. The summed E-state index contributed by atoms with van der Waals surface area (Å²) in [7, 11) is -9.61. The highest BCUT2D eigenvalue weighted by atomic mass is 35.5. The standard InChI is InChI=1S/C21H23ClFN5O9P2/c1-10(11-2-4-12(23)5-3-11)26-15-13(6-24)19(22)27-20-16(15)25-8-28(20)21-18(30)17(29)14(37-21)7-36-39(34,35)9-38(31,32)33/h2-5,8,10,14,17-18,21,29-30H,7,9H2,1H3,(H,26,27)(H,34,35)(H2,31,32,33)/t10?,14-,17-,18-,21-/m1/s1. The maximum Gasteiger partial charge on any atom is 0.340 e. The molecule has 39 heavy (non-hydrogen) atoms. The molecule has 0 saturated carbocycles. The minimum Gasteiger partial charge on any atom is -0.387 e. The highest BCUT2D eigenvalue weighted by Crippen LogP contribution is 2.55. The molecule has 4 rings (SSSR count). The number of rotatable bonds is 9. The summed E-state index contributed by atoms with van der Waals surface area (Å²) in [4.78, 5) is 36.0. The van der Waals surface area contributed by atoms with Crippen LogP contribution >= 0.6 is 26.8 Å². The van der Waals surface area contributed by atoms with Crippen molar-refractivity contribution >= 4 is 43.6 Å². The maximum atomic E-state index is 13.3. The summed E-state index contributed by atoms with van der Waals surface area (Å²) in [6.45, 7) is 0.993. The van der Waals surface area contributed by atoms with Crippen molar-refractivity contribution in [3.8, 4) is 6.07 Å². The van der Waals surface area contributed by atoms with E-state index in [2.05, 4.69) is 15.3 Å². The van der Waals surface area contributed by atoms with E-state index in [0.29, 0.717) is 5.56 Å². The summed E-state index contributed by atoms with van der Waals surface area (Å²) in [6, 6.07) is 7.24. The van der Waals surface area contributed by atoms with Gasteiger partial charge in [0.15, 0.2) is 22.9 Å². The molecule has 6 atom stereocenters. The molecule has 0 bridgehead atoms. The summed E-state index contributed by atoms with van der Waals surface area (Å²) >= 11 is 6.28. The van der Waals surface area contributed by atoms with Crippen LogP contribution in [0.1, 0.15) is 30.3 Å². The Hall–Kier alpha value is -2.47. The molecule has 1 aliphatic heterocycles. The normalized spacial score (nSPS) is 23.9. The highest BCUT2D eigenvalue weighted by Gasteiger charge is 2.46. The SMILES string of the molecule is CC(Nc1c(C#N)c(Cl)nc2c1ncn2[C@@H]1O[C@H](COP(=O)(O)CP(=O)(O)O)[C@@H](O)[C@H]1O)c1ccc(F)cc1. The van der Waals surface area contributed by atoms with Gasteiger partial charge in [-0.05, 0) is 24.6 Å². The van der Waals surface area contributed by atoms with E-state index in [-0.39, 0.29) is 27.6 Å². The van der Waals surface area contributed by atoms with Gasteiger partial charge in [0.1, 0.15) is 41.3 Å². The van der Waals surface area contributed by atoms with Crippen molar-refractivity contribution in [2.75, 3.05) is 17.8 Å². The zero-order valence-corrected chi connectivity index (χ0v) is 22.5. The number of aliphatic hydroxyl groups excluding tert-OH is 2. The van der Waals surface area contributed by atoms with Crippen LogP contribution in [0, 0.1) is 17.1 Å². The molecule has 3 heterocycles. The lowest BCUT2D eigenvalue weighted by Crippen LogP contribution is -2.33. The molecule has 6 N–H and O–H groups in total. The number of nitrogens with one attached hydrogen (secondary N) is 1. The summed E-state index contributed by atoms with van der Waals surface area (Å²) < 4.78 is 47.9. The van der Waals surface area contributed by atoms with Crippen LogP contribution in [0.25, 0.3) is 11.2 Å². The van der Waals surface area contributed by atoms with Gasteiger partial charge in [-0.3, -0.25) is 13.7 Å². The Labute approximate surface area is 225 Å². The van der Waals surface area contributed by atoms with Crippen molar-refractivity contribution in [2.45, 2.75) is 37.5 Å². The van der Waals surface area contributed by atoms with Crippen LogP contribution < -0.4 is 5.32 Å². The van der Waals surface area contributed by atoms with Crippen LogP contribution in [0.2, 0.25) is 5.15 Å². The van der Waals surface area contributed by atoms with E-state index in [4.69, 9.17) is 30.6 Å². The molecular weight excluding hydrogens is 583 g/mol. The Balaban J connectivity index is 1.62. The summed E-state index contributed by atoms with van der Waals surface area (Å²) in [6.07, 6.45) is -4.73. The highest BCUT2D eigenvalue weighted by molar-refractivity contribution is 7.70. The smallest absolute Gasteiger partial charge is 0.340 e. The zero-order valence-electron chi connectivity index (χ0n) is 20.0. The van der Waals surface area contributed by atoms with Crippen molar-refractivity contribution in [1.82, 2.24) is 14.5 Å². The molecule has 1 aromatic carbocycles. The Morgan fingerprint density at radius 3 is 2.54 bits per heavy atom. The molecule has 0 aliphatic carbocycles. The van der Waals surface area contributed by atoms with Crippen LogP contribution in [0.5, 0.6) is 0 Å². The van der Waals surface area contributed by atoms with Crippen molar-refractivity contribution in [1.29, 1.82) is 5.26 Å². The largest absolute Gasteiger partial charge is 0.387 e. The number of aliphatic hydroxyl groups is 2. The molecular formula is C21H23ClFN5O9P2. The lowest BCUT2D eigenvalue weighted by molar-refractivity contribution is -0.0483. The fraction of sp³-hybridized carbons (Fsp3) is 0.381. The Bertz CT molecular complexity index is 1510. The molecule has 14 nitrogen and oxygen atoms in total. The number of nitriles is 1. The molecule has 18 heteroatoms. The third-order valence-corrected chi connectivity index (χ3v) is 9.65. The molecule has 3 aromatic rings. The molecule has 0 amide bonds. The first-order valence-electron chi connectivity index (χ1n) is 11.2. The van der Waals surface area contributed by atoms with Gasteiger partial charge in [0.25, 0.3) is 0 Å². The average Bonchev–Trinajstić information content (AvgIpc) is 3.37. The molecule has 210 valence electrons. The van der Waals surface area contributed by atoms with Crippen LogP contribution in [0.4, 0.5) is 10.1 Å². The summed E-state index contributed by atoms with van der Waals surface area (Å²) in [5.74, 6) is -1.85. The first-order valence-corrected chi connectivity index (χ1v) is 15.1. The first-order chi connectivity index (χ1) is 18.2. The minimum atomic E-state index is -4.87. The predicted molar refractivity (Wildman–Crippen MR) is 134 cm³/mol. The second-order valence-electron chi connectivity index (χ2n) is 8.79. The van der Waals surface area contributed by atoms with Gasteiger partial charge >= 0.3 is 15.2 Å². The molecule has 1 aliphatic rings. The van der Waals surface area contributed by atoms with E-state index in [1.807, 2.05) is 6.07 Å². The summed E-state index contributed by atoms with van der Waals surface area (Å²) in [5, 5.41) is 33.7. The molecule has 2 unspecified atom stereocenters. The van der Waals surface area contributed by atoms with Gasteiger partial charge in [0, 0.05) is 6.04 Å². The Morgan fingerprint density at radius 1 is 1.26 bits per heavy atom. The number of fused-ring (bicyclic) bond motifs is 1. The predicted octanol–water partition coefficient (Wildman–Crippen LogP) is 2.22. The van der Waals surface area contributed by atoms with Crippen molar-refractivity contribution in [2.24, 2.45) is 0 Å². The first kappa shape index (κ1) is 29.5. The molecule has 1 fully saturated rings. The zero-order chi connectivity index (χ0) is 28.7. The topological polar surface area (TPSA) is 220 Å². The van der Waals surface area contributed by atoms with E-state index in [1.165, 1.54) is 23.0 Å². The molecule has 0 radical (unpaired) electrons. The maximum absolute atomic E-state index is 13.3. The number of anilines is 1. The number of ether oxygens (including phenoxy) is 1. The van der Waals surface area contributed by atoms with Crippen molar-refractivity contribution < 1.29 is 47.7 Å². The second-order valence-corrected chi connectivity index (χ2v) is 13.1. The van der Waals surface area contributed by atoms with Gasteiger partial charge in [0.05, 0.1) is 18.6 Å². The second kappa shape index (κ2) is 11.2. The molecule has 1 saturated heterocycles. The van der Waals surface area contributed by atoms with Crippen LogP contribution in [0.15, 0.2) is 30.6 Å². The Morgan fingerprint density at radius 2 is 1.92 bits per heavy atom. The molecule has 2 aromatic heterocycles. The summed E-state index contributed by atoms with van der Waals surface area (Å²) in [5.41, 5.74) is 1.10. The van der Waals surface area contributed by atoms with Crippen LogP contribution in [-0.2, 0) is 18.4 Å². The monoisotopic (exact) mass is 605 g/mol. The number of imidazole rings is 1. The van der Waals surface area contributed by atoms with E-state index >= 15 is 0 Å². The fourth-order valence-electron chi connectivity index (χ4n) is 4.05. The van der Waals surface area contributed by atoms with E-state index in [0.717, 1.165) is 0 Å². The number of hydrogen-bond acceptors (Lipinski definition) is 10. The minimum absolute atomic E-state index is 0.0219. The lowest BCUT2D eigenvalue weighted by atomic mass is 10.1. The number of benzene rings is 1. The van der Waals surface area contributed by atoms with Crippen molar-refractivity contribution in [3.05, 3.63) is 52.7 Å². The quantitative estimate of drug-likeness (QED) is 0.152. The van der Waals surface area contributed by atoms with E-state index in [9.17, 15) is 33.9 Å². The number of aromatic nitrogens is 3. The number of nitrogens with zero attached hydrogens (tertiary/aromatic N) is 4. The average molecular weight is 606 g/mol. The van der Waals surface area contributed by atoms with Gasteiger partial charge in [-0.15, -0.1) is 0 Å². The molecule has 0 spiro atoms. The van der Waals surface area contributed by atoms with Gasteiger partial charge in [-0.1, -0.05) is 23.7 Å². The van der Waals surface area contributed by atoms with Crippen molar-refractivity contribution in [3.63, 3.8) is 0 Å². The van der Waals surface area contributed by atoms with Crippen LogP contribution in [0.3, 0.4) is 0 Å². The van der Waals surface area contributed by atoms with Gasteiger partial charge in [0.2, 0.25) is 0 Å².